The van der Waals surface area contributed by atoms with Crippen molar-refractivity contribution in [2.45, 2.75) is 32.4 Å². The minimum Gasteiger partial charge on any atom is -0.444 e. The van der Waals surface area contributed by atoms with Crippen molar-refractivity contribution in [3.63, 3.8) is 0 Å². The van der Waals surface area contributed by atoms with Gasteiger partial charge in [0.15, 0.2) is 0 Å². The highest BCUT2D eigenvalue weighted by Gasteiger charge is 2.36. The van der Waals surface area contributed by atoms with E-state index in [1.807, 2.05) is 0 Å². The fourth-order valence-corrected chi connectivity index (χ4v) is 2.24. The molecule has 0 saturated carbocycles. The molecule has 0 aromatic rings. The zero-order valence-electron chi connectivity index (χ0n) is 9.36. The third-order valence-electron chi connectivity index (χ3n) is 1.88. The van der Waals surface area contributed by atoms with Gasteiger partial charge in [0.1, 0.15) is 5.60 Å². The van der Waals surface area contributed by atoms with E-state index in [0.29, 0.717) is 0 Å². The van der Waals surface area contributed by atoms with Crippen LogP contribution in [0.2, 0.25) is 0 Å². The van der Waals surface area contributed by atoms with E-state index >= 15 is 0 Å². The van der Waals surface area contributed by atoms with E-state index in [0.717, 1.165) is 4.31 Å². The Morgan fingerprint density at radius 1 is 1.44 bits per heavy atom. The second kappa shape index (κ2) is 4.38. The van der Waals surface area contributed by atoms with Crippen molar-refractivity contribution in [2.75, 3.05) is 13.1 Å². The molecule has 1 aliphatic rings. The van der Waals surface area contributed by atoms with Crippen LogP contribution in [0.15, 0.2) is 0 Å². The quantitative estimate of drug-likeness (QED) is 0.749. The number of nitrogens with zero attached hydrogens (tertiary/aromatic N) is 1. The van der Waals surface area contributed by atoms with Crippen molar-refractivity contribution < 1.29 is 17.9 Å². The van der Waals surface area contributed by atoms with Crippen molar-refractivity contribution >= 4 is 26.0 Å². The van der Waals surface area contributed by atoms with E-state index in [4.69, 9.17) is 15.4 Å². The van der Waals surface area contributed by atoms with Crippen LogP contribution >= 0.6 is 10.7 Å². The van der Waals surface area contributed by atoms with Crippen molar-refractivity contribution in [2.24, 2.45) is 0 Å². The molecule has 94 valence electrons. The Kier molecular flexibility index (Phi) is 3.71. The molecule has 0 aromatic heterocycles. The second-order valence-electron chi connectivity index (χ2n) is 4.60. The molecule has 16 heavy (non-hydrogen) atoms. The molecule has 1 heterocycles. The summed E-state index contributed by atoms with van der Waals surface area (Å²) in [5.41, 5.74) is -0.563. The van der Waals surface area contributed by atoms with Gasteiger partial charge in [-0.05, 0) is 20.8 Å². The predicted molar refractivity (Wildman–Crippen MR) is 59.5 cm³/mol. The van der Waals surface area contributed by atoms with Gasteiger partial charge in [-0.3, -0.25) is 0 Å². The Bertz CT molecular complexity index is 370. The molecule has 1 aliphatic heterocycles. The lowest BCUT2D eigenvalue weighted by atomic mass is 10.2. The number of ether oxygens (including phenoxy) is 1. The van der Waals surface area contributed by atoms with Crippen molar-refractivity contribution in [3.05, 3.63) is 0 Å². The fourth-order valence-electron chi connectivity index (χ4n) is 1.18. The monoisotopic (exact) mass is 270 g/mol. The molecule has 1 amide bonds. The maximum atomic E-state index is 11.3. The summed E-state index contributed by atoms with van der Waals surface area (Å²) in [4.78, 5) is 11.3. The first-order valence-electron chi connectivity index (χ1n) is 4.77. The highest BCUT2D eigenvalue weighted by molar-refractivity contribution is 8.11. The number of alkyl carbamates (subject to hydrolysis) is 1. The average Bonchev–Trinajstić information content (AvgIpc) is 1.89. The molecular weight excluding hydrogens is 256 g/mol. The highest BCUT2D eigenvalue weighted by atomic mass is 35.7. The van der Waals surface area contributed by atoms with Gasteiger partial charge in [0.25, 0.3) is 9.24 Å². The molecular formula is C8H15ClN2O4S. The molecule has 0 radical (unpaired) electrons. The SMILES string of the molecule is CC(C)(C)OC(=O)NC1CN(S(=O)(=O)Cl)C1. The number of carbonyl (C=O) groups excluding carboxylic acids is 1. The van der Waals surface area contributed by atoms with Crippen molar-refractivity contribution in [3.8, 4) is 0 Å². The van der Waals surface area contributed by atoms with Crippen LogP contribution in [0.3, 0.4) is 0 Å². The largest absolute Gasteiger partial charge is 0.444 e. The molecule has 1 N–H and O–H groups in total. The Morgan fingerprint density at radius 2 is 1.94 bits per heavy atom. The number of hydrogen-bond acceptors (Lipinski definition) is 4. The normalized spacial score (nSPS) is 19.0. The van der Waals surface area contributed by atoms with Crippen LogP contribution < -0.4 is 5.32 Å². The number of amides is 1. The lowest BCUT2D eigenvalue weighted by Crippen LogP contribution is -2.60. The number of nitrogens with one attached hydrogen (secondary N) is 1. The first-order chi connectivity index (χ1) is 7.08. The summed E-state index contributed by atoms with van der Waals surface area (Å²) in [6.07, 6.45) is -0.552. The summed E-state index contributed by atoms with van der Waals surface area (Å²) < 4.78 is 27.7. The van der Waals surface area contributed by atoms with Gasteiger partial charge in [-0.15, -0.1) is 0 Å². The summed E-state index contributed by atoms with van der Waals surface area (Å²) in [7, 11) is 1.44. The number of carbonyl (C=O) groups is 1. The number of halogens is 1. The maximum Gasteiger partial charge on any atom is 0.407 e. The molecule has 1 saturated heterocycles. The summed E-state index contributed by atoms with van der Waals surface area (Å²) in [5, 5.41) is 2.55. The zero-order chi connectivity index (χ0) is 12.6. The van der Waals surface area contributed by atoms with Gasteiger partial charge in [-0.1, -0.05) is 0 Å². The molecule has 0 spiro atoms. The van der Waals surface area contributed by atoms with Crippen LogP contribution in [0.1, 0.15) is 20.8 Å². The maximum absolute atomic E-state index is 11.3. The van der Waals surface area contributed by atoms with E-state index < -0.39 is 20.9 Å². The first kappa shape index (κ1) is 13.5. The molecule has 0 atom stereocenters. The van der Waals surface area contributed by atoms with E-state index in [9.17, 15) is 13.2 Å². The summed E-state index contributed by atoms with van der Waals surface area (Å²) >= 11 is 0. The first-order valence-corrected chi connectivity index (χ1v) is 7.04. The molecule has 6 nitrogen and oxygen atoms in total. The Balaban J connectivity index is 2.31. The topological polar surface area (TPSA) is 75.7 Å². The van der Waals surface area contributed by atoms with Crippen LogP contribution in [-0.4, -0.2) is 43.5 Å². The van der Waals surface area contributed by atoms with E-state index in [2.05, 4.69) is 5.32 Å². The summed E-state index contributed by atoms with van der Waals surface area (Å²) in [6.45, 7) is 5.63. The van der Waals surface area contributed by atoms with Crippen molar-refractivity contribution in [1.29, 1.82) is 0 Å². The standard InChI is InChI=1S/C8H15ClN2O4S/c1-8(2,3)15-7(12)10-6-4-11(5-6)16(9,13)14/h6H,4-5H2,1-3H3,(H,10,12). The van der Waals surface area contributed by atoms with Crippen LogP contribution in [0.25, 0.3) is 0 Å². The third-order valence-corrected chi connectivity index (χ3v) is 3.38. The van der Waals surface area contributed by atoms with Crippen LogP contribution in [-0.2, 0) is 14.0 Å². The Labute approximate surface area is 99.4 Å². The minimum atomic E-state index is -3.66. The highest BCUT2D eigenvalue weighted by Crippen LogP contribution is 2.17. The molecule has 0 unspecified atom stereocenters. The van der Waals surface area contributed by atoms with Crippen molar-refractivity contribution in [1.82, 2.24) is 9.62 Å². The molecule has 0 bridgehead atoms. The Morgan fingerprint density at radius 3 is 2.31 bits per heavy atom. The molecule has 8 heteroatoms. The van der Waals surface area contributed by atoms with E-state index in [1.165, 1.54) is 0 Å². The van der Waals surface area contributed by atoms with Crippen LogP contribution in [0.5, 0.6) is 0 Å². The van der Waals surface area contributed by atoms with Gasteiger partial charge in [0.2, 0.25) is 0 Å². The van der Waals surface area contributed by atoms with Gasteiger partial charge in [-0.25, -0.2) is 4.79 Å². The number of rotatable bonds is 2. The van der Waals surface area contributed by atoms with Gasteiger partial charge in [-0.2, -0.15) is 12.7 Å². The molecule has 1 rings (SSSR count). The number of hydrogen-bond donors (Lipinski definition) is 1. The lowest BCUT2D eigenvalue weighted by Gasteiger charge is -2.36. The minimum absolute atomic E-state index is 0.186. The second-order valence-corrected chi connectivity index (χ2v) is 7.11. The van der Waals surface area contributed by atoms with Gasteiger partial charge in [0, 0.05) is 23.8 Å². The average molecular weight is 271 g/mol. The molecule has 0 aliphatic carbocycles. The van der Waals surface area contributed by atoms with E-state index in [1.54, 1.807) is 20.8 Å². The lowest BCUT2D eigenvalue weighted by molar-refractivity contribution is 0.0460. The smallest absolute Gasteiger partial charge is 0.407 e. The van der Waals surface area contributed by atoms with Crippen LogP contribution in [0, 0.1) is 0 Å². The zero-order valence-corrected chi connectivity index (χ0v) is 10.9. The molecule has 0 aromatic carbocycles. The van der Waals surface area contributed by atoms with Crippen LogP contribution in [0.4, 0.5) is 4.79 Å². The van der Waals surface area contributed by atoms with Gasteiger partial charge >= 0.3 is 6.09 Å². The summed E-state index contributed by atoms with van der Waals surface area (Å²) in [6, 6.07) is -0.233. The predicted octanol–water partition coefficient (Wildman–Crippen LogP) is 0.679. The van der Waals surface area contributed by atoms with Gasteiger partial charge in [0.05, 0.1) is 6.04 Å². The van der Waals surface area contributed by atoms with E-state index in [-0.39, 0.29) is 19.1 Å². The summed E-state index contributed by atoms with van der Waals surface area (Å²) in [5.74, 6) is 0. The third kappa shape index (κ3) is 4.15. The Hall–Kier alpha value is -0.530. The van der Waals surface area contributed by atoms with Gasteiger partial charge < -0.3 is 10.1 Å². The fraction of sp³-hybridized carbons (Fsp3) is 0.875. The molecule has 1 fully saturated rings.